The Morgan fingerprint density at radius 1 is 1.28 bits per heavy atom. The van der Waals surface area contributed by atoms with Crippen molar-refractivity contribution in [2.24, 2.45) is 0 Å². The zero-order valence-electron chi connectivity index (χ0n) is 14.2. The number of phenols is 1. The van der Waals surface area contributed by atoms with Crippen LogP contribution in [-0.4, -0.2) is 36.1 Å². The van der Waals surface area contributed by atoms with Crippen LogP contribution in [-0.2, 0) is 0 Å². The molecule has 0 aliphatic heterocycles. The van der Waals surface area contributed by atoms with Crippen molar-refractivity contribution in [3.8, 4) is 18.1 Å². The summed E-state index contributed by atoms with van der Waals surface area (Å²) in [5.41, 5.74) is -1.05. The van der Waals surface area contributed by atoms with Crippen LogP contribution >= 0.6 is 0 Å². The van der Waals surface area contributed by atoms with Crippen LogP contribution in [0.4, 0.5) is 17.1 Å². The van der Waals surface area contributed by atoms with Crippen molar-refractivity contribution < 1.29 is 9.90 Å². The van der Waals surface area contributed by atoms with E-state index in [1.807, 2.05) is 6.92 Å². The Kier molecular flexibility index (Phi) is 5.13. The normalized spacial score (nSPS) is 11.6. The van der Waals surface area contributed by atoms with E-state index in [2.05, 4.69) is 16.6 Å². The van der Waals surface area contributed by atoms with Crippen molar-refractivity contribution in [2.45, 2.75) is 19.4 Å². The maximum atomic E-state index is 12.1. The van der Waals surface area contributed by atoms with E-state index < -0.39 is 10.9 Å². The highest BCUT2D eigenvalue weighted by Gasteiger charge is 2.24. The number of nitrogens with one attached hydrogen (secondary N) is 2. The van der Waals surface area contributed by atoms with Gasteiger partial charge in [0.25, 0.3) is 16.8 Å². The second-order valence-corrected chi connectivity index (χ2v) is 5.71. The first kappa shape index (κ1) is 18.1. The largest absolute Gasteiger partial charge is 0.505 e. The molecule has 0 heterocycles. The van der Waals surface area contributed by atoms with Crippen LogP contribution in [0.3, 0.4) is 0 Å². The summed E-state index contributed by atoms with van der Waals surface area (Å²) in [6, 6.07) is 4.14. The summed E-state index contributed by atoms with van der Waals surface area (Å²) in [6.45, 7) is 1.85. The molecule has 0 bridgehead atoms. The molecule has 130 valence electrons. The summed E-state index contributed by atoms with van der Waals surface area (Å²) in [7, 11) is 3.12. The molecule has 7 nitrogen and oxygen atoms in total. The van der Waals surface area contributed by atoms with E-state index in [9.17, 15) is 19.5 Å². The molecule has 3 N–H and O–H groups in total. The molecule has 2 aromatic carbocycles. The van der Waals surface area contributed by atoms with E-state index in [0.717, 1.165) is 0 Å². The number of carbonyl (C=O) groups is 1. The topological polar surface area (TPSA) is 98.7 Å². The summed E-state index contributed by atoms with van der Waals surface area (Å²) < 4.78 is 0. The van der Waals surface area contributed by atoms with E-state index in [4.69, 9.17) is 6.42 Å². The molecule has 1 amide bonds. The Labute approximate surface area is 145 Å². The van der Waals surface area contributed by atoms with Crippen LogP contribution in [0.1, 0.15) is 23.7 Å². The maximum Gasteiger partial charge on any atom is 0.257 e. The van der Waals surface area contributed by atoms with Crippen molar-refractivity contribution in [1.82, 2.24) is 4.90 Å². The lowest BCUT2D eigenvalue weighted by atomic mass is 10.1. The number of carbonyl (C=O) groups excluding carboxylic acids is 1. The van der Waals surface area contributed by atoms with Gasteiger partial charge in [0.2, 0.25) is 0 Å². The van der Waals surface area contributed by atoms with E-state index in [-0.39, 0.29) is 40.3 Å². The van der Waals surface area contributed by atoms with Gasteiger partial charge in [0.1, 0.15) is 11.4 Å². The fourth-order valence-corrected chi connectivity index (χ4v) is 2.28. The van der Waals surface area contributed by atoms with Gasteiger partial charge in [-0.3, -0.25) is 14.4 Å². The van der Waals surface area contributed by atoms with Gasteiger partial charge in [-0.05, 0) is 18.6 Å². The summed E-state index contributed by atoms with van der Waals surface area (Å²) in [5, 5.41) is 15.9. The first-order chi connectivity index (χ1) is 11.8. The standard InChI is InChI=1S/C18H19N3O4/c1-5-10(6-2)19-13-14(17(24)16(13)23)20-12-9-7-8-11(15(12)22)18(25)21(3)4/h1,7-10,19-20,22H,6H2,2-4H3. The number of para-hydroxylation sites is 1. The number of hydrogen-bond donors (Lipinski definition) is 3. The summed E-state index contributed by atoms with van der Waals surface area (Å²) in [6.07, 6.45) is 5.94. The fraction of sp³-hybridized carbons (Fsp3) is 0.278. The summed E-state index contributed by atoms with van der Waals surface area (Å²) in [4.78, 5) is 37.0. The third kappa shape index (κ3) is 3.33. The zero-order chi connectivity index (χ0) is 18.7. The van der Waals surface area contributed by atoms with Gasteiger partial charge in [-0.1, -0.05) is 18.9 Å². The van der Waals surface area contributed by atoms with E-state index in [0.29, 0.717) is 6.42 Å². The van der Waals surface area contributed by atoms with E-state index in [1.54, 1.807) is 20.2 Å². The van der Waals surface area contributed by atoms with Crippen LogP contribution in [0.25, 0.3) is 0 Å². The Morgan fingerprint density at radius 3 is 2.48 bits per heavy atom. The van der Waals surface area contributed by atoms with Crippen LogP contribution in [0.2, 0.25) is 0 Å². The SMILES string of the molecule is C#CC(CC)Nc1c(Nc2cccc(C(=O)N(C)C)c2O)c(=O)c1=O. The van der Waals surface area contributed by atoms with Crippen LogP contribution in [0, 0.1) is 12.3 Å². The highest BCUT2D eigenvalue weighted by molar-refractivity contribution is 5.99. The first-order valence-electron chi connectivity index (χ1n) is 7.68. The number of nitrogens with zero attached hydrogens (tertiary/aromatic N) is 1. The van der Waals surface area contributed by atoms with Gasteiger partial charge in [0, 0.05) is 14.1 Å². The van der Waals surface area contributed by atoms with Gasteiger partial charge in [0.15, 0.2) is 5.75 Å². The predicted molar refractivity (Wildman–Crippen MR) is 97.3 cm³/mol. The number of terminal acetylenes is 1. The second-order valence-electron chi connectivity index (χ2n) is 5.71. The molecule has 0 spiro atoms. The predicted octanol–water partition coefficient (Wildman–Crippen LogP) is 1.26. The highest BCUT2D eigenvalue weighted by atomic mass is 16.3. The number of aromatic hydroxyl groups is 1. The molecule has 0 aromatic heterocycles. The number of benzene rings is 1. The van der Waals surface area contributed by atoms with Crippen molar-refractivity contribution in [2.75, 3.05) is 24.7 Å². The third-order valence-electron chi connectivity index (χ3n) is 3.77. The number of anilines is 3. The third-order valence-corrected chi connectivity index (χ3v) is 3.77. The van der Waals surface area contributed by atoms with Gasteiger partial charge in [-0.15, -0.1) is 6.42 Å². The van der Waals surface area contributed by atoms with Gasteiger partial charge in [0.05, 0.1) is 17.3 Å². The van der Waals surface area contributed by atoms with Crippen molar-refractivity contribution in [1.29, 1.82) is 0 Å². The average Bonchev–Trinajstić information content (AvgIpc) is 2.61. The molecule has 7 heteroatoms. The first-order valence-corrected chi connectivity index (χ1v) is 7.68. The minimum atomic E-state index is -0.710. The summed E-state index contributed by atoms with van der Waals surface area (Å²) >= 11 is 0. The number of hydrogen-bond acceptors (Lipinski definition) is 6. The lowest BCUT2D eigenvalue weighted by Crippen LogP contribution is -2.38. The van der Waals surface area contributed by atoms with Crippen LogP contribution in [0.15, 0.2) is 27.8 Å². The van der Waals surface area contributed by atoms with Crippen LogP contribution < -0.4 is 21.5 Å². The number of phenolic OH excluding ortho intramolecular Hbond substituents is 1. The Hall–Kier alpha value is -3.27. The lowest BCUT2D eigenvalue weighted by molar-refractivity contribution is 0.0825. The minimum Gasteiger partial charge on any atom is -0.505 e. The summed E-state index contributed by atoms with van der Waals surface area (Å²) in [5.74, 6) is 1.79. The lowest BCUT2D eigenvalue weighted by Gasteiger charge is -2.19. The molecule has 0 saturated heterocycles. The molecular formula is C18H19N3O4. The molecule has 0 radical (unpaired) electrons. The van der Waals surface area contributed by atoms with Crippen LogP contribution in [0.5, 0.6) is 5.75 Å². The molecule has 2 rings (SSSR count). The minimum absolute atomic E-state index is 0.0171. The number of rotatable bonds is 6. The zero-order valence-corrected chi connectivity index (χ0v) is 14.2. The molecule has 25 heavy (non-hydrogen) atoms. The maximum absolute atomic E-state index is 12.1. The smallest absolute Gasteiger partial charge is 0.257 e. The van der Waals surface area contributed by atoms with Crippen molar-refractivity contribution >= 4 is 23.0 Å². The van der Waals surface area contributed by atoms with Crippen molar-refractivity contribution in [3.63, 3.8) is 0 Å². The fourth-order valence-electron chi connectivity index (χ4n) is 2.28. The van der Waals surface area contributed by atoms with E-state index >= 15 is 0 Å². The second kappa shape index (κ2) is 7.09. The van der Waals surface area contributed by atoms with Gasteiger partial charge in [-0.25, -0.2) is 0 Å². The number of amides is 1. The van der Waals surface area contributed by atoms with Crippen molar-refractivity contribution in [3.05, 3.63) is 44.2 Å². The van der Waals surface area contributed by atoms with Gasteiger partial charge >= 0.3 is 0 Å². The molecular weight excluding hydrogens is 322 g/mol. The van der Waals surface area contributed by atoms with Gasteiger partial charge in [-0.2, -0.15) is 0 Å². The Bertz CT molecular complexity index is 917. The molecule has 0 fully saturated rings. The van der Waals surface area contributed by atoms with Gasteiger partial charge < -0.3 is 20.6 Å². The molecule has 2 aromatic rings. The monoisotopic (exact) mass is 341 g/mol. The molecule has 1 atom stereocenters. The van der Waals surface area contributed by atoms with E-state index in [1.165, 1.54) is 17.0 Å². The molecule has 0 aliphatic rings. The Balaban J connectivity index is 2.36. The molecule has 0 saturated carbocycles. The highest BCUT2D eigenvalue weighted by Crippen LogP contribution is 2.32. The quantitative estimate of drug-likeness (QED) is 0.416. The molecule has 0 aliphatic carbocycles. The Morgan fingerprint density at radius 2 is 1.92 bits per heavy atom. The average molecular weight is 341 g/mol. The molecule has 1 unspecified atom stereocenters.